The van der Waals surface area contributed by atoms with Crippen LogP contribution in [0.2, 0.25) is 0 Å². The molecule has 9 heteroatoms. The van der Waals surface area contributed by atoms with Gasteiger partial charge in [0.15, 0.2) is 11.5 Å². The van der Waals surface area contributed by atoms with Gasteiger partial charge >= 0.3 is 5.97 Å². The fraction of sp³-hybridized carbons (Fsp3) is 0.381. The zero-order chi connectivity index (χ0) is 20.9. The maximum Gasteiger partial charge on any atom is 0.308 e. The number of ether oxygens (including phenoxy) is 2. The van der Waals surface area contributed by atoms with Gasteiger partial charge in [0.1, 0.15) is 5.82 Å². The average molecular weight is 412 g/mol. The highest BCUT2D eigenvalue weighted by molar-refractivity contribution is 5.93. The molecule has 2 N–H and O–H groups in total. The van der Waals surface area contributed by atoms with Crippen molar-refractivity contribution in [3.8, 4) is 11.5 Å². The number of carboxylic acids is 1. The third-order valence-electron chi connectivity index (χ3n) is 5.26. The Morgan fingerprint density at radius 1 is 1.10 bits per heavy atom. The molecule has 1 saturated heterocycles. The maximum absolute atomic E-state index is 12.4. The molecule has 158 valence electrons. The van der Waals surface area contributed by atoms with Crippen molar-refractivity contribution in [3.05, 3.63) is 42.6 Å². The number of pyridine rings is 1. The summed E-state index contributed by atoms with van der Waals surface area (Å²) < 4.78 is 10.5. The summed E-state index contributed by atoms with van der Waals surface area (Å²) in [6, 6.07) is 10.9. The number of rotatable bonds is 7. The molecule has 0 saturated carbocycles. The summed E-state index contributed by atoms with van der Waals surface area (Å²) in [5.74, 6) is 0.0291. The van der Waals surface area contributed by atoms with Crippen molar-refractivity contribution < 1.29 is 24.2 Å². The molecule has 0 spiro atoms. The van der Waals surface area contributed by atoms with E-state index in [0.717, 1.165) is 32.0 Å². The minimum atomic E-state index is -0.969. The molecule has 1 aromatic carbocycles. The van der Waals surface area contributed by atoms with Crippen molar-refractivity contribution in [2.75, 3.05) is 49.7 Å². The van der Waals surface area contributed by atoms with Gasteiger partial charge in [-0.05, 0) is 24.3 Å². The van der Waals surface area contributed by atoms with Gasteiger partial charge in [0.2, 0.25) is 12.7 Å². The summed E-state index contributed by atoms with van der Waals surface area (Å²) in [4.78, 5) is 32.8. The second-order valence-corrected chi connectivity index (χ2v) is 7.33. The molecule has 0 bridgehead atoms. The van der Waals surface area contributed by atoms with Crippen LogP contribution in [0.4, 0.5) is 11.5 Å². The van der Waals surface area contributed by atoms with E-state index in [2.05, 4.69) is 20.1 Å². The van der Waals surface area contributed by atoms with Crippen molar-refractivity contribution in [2.24, 2.45) is 5.92 Å². The number of nitrogens with zero attached hydrogens (tertiary/aromatic N) is 3. The van der Waals surface area contributed by atoms with Gasteiger partial charge in [-0.15, -0.1) is 0 Å². The second-order valence-electron chi connectivity index (χ2n) is 7.33. The van der Waals surface area contributed by atoms with Gasteiger partial charge in [-0.3, -0.25) is 14.5 Å². The Hall–Kier alpha value is -3.33. The first-order chi connectivity index (χ1) is 14.6. The van der Waals surface area contributed by atoms with E-state index in [1.807, 2.05) is 18.2 Å². The fourth-order valence-corrected chi connectivity index (χ4v) is 3.65. The number of nitrogens with one attached hydrogen (secondary N) is 1. The van der Waals surface area contributed by atoms with Gasteiger partial charge in [0.25, 0.3) is 0 Å². The van der Waals surface area contributed by atoms with Crippen LogP contribution < -0.4 is 19.7 Å². The van der Waals surface area contributed by atoms with Gasteiger partial charge in [-0.1, -0.05) is 6.07 Å². The largest absolute Gasteiger partial charge is 0.481 e. The first-order valence-electron chi connectivity index (χ1n) is 9.89. The van der Waals surface area contributed by atoms with Crippen LogP contribution in [-0.2, 0) is 9.59 Å². The van der Waals surface area contributed by atoms with Crippen molar-refractivity contribution >= 4 is 23.4 Å². The first-order valence-corrected chi connectivity index (χ1v) is 9.89. The molecule has 2 aliphatic rings. The number of benzene rings is 1. The minimum absolute atomic E-state index is 0.0930. The molecule has 1 aromatic heterocycles. The van der Waals surface area contributed by atoms with E-state index in [-0.39, 0.29) is 19.1 Å². The van der Waals surface area contributed by atoms with Crippen LogP contribution in [0.3, 0.4) is 0 Å². The monoisotopic (exact) mass is 412 g/mol. The molecular weight excluding hydrogens is 388 g/mol. The van der Waals surface area contributed by atoms with Crippen molar-refractivity contribution in [2.45, 2.75) is 6.42 Å². The van der Waals surface area contributed by atoms with Gasteiger partial charge in [-0.25, -0.2) is 4.98 Å². The van der Waals surface area contributed by atoms with E-state index in [1.165, 1.54) is 0 Å². The highest BCUT2D eigenvalue weighted by Crippen LogP contribution is 2.34. The lowest BCUT2D eigenvalue weighted by molar-refractivity contribution is -0.144. The minimum Gasteiger partial charge on any atom is -0.481 e. The van der Waals surface area contributed by atoms with Crippen LogP contribution in [0.1, 0.15) is 6.42 Å². The standard InChI is InChI=1S/C21H24N4O5/c26-20(23-16-4-5-17-18(12-16)30-14-29-17)11-15(21(27)28)13-24-7-9-25(10-8-24)19-3-1-2-6-22-19/h1-6,12,15H,7-11,13-14H2,(H,23,26)(H,27,28). The van der Waals surface area contributed by atoms with Crippen molar-refractivity contribution in [1.82, 2.24) is 9.88 Å². The highest BCUT2D eigenvalue weighted by Gasteiger charge is 2.27. The molecule has 1 atom stereocenters. The van der Waals surface area contributed by atoms with E-state index < -0.39 is 11.9 Å². The summed E-state index contributed by atoms with van der Waals surface area (Å²) in [5, 5.41) is 12.4. The van der Waals surface area contributed by atoms with Crippen molar-refractivity contribution in [3.63, 3.8) is 0 Å². The Morgan fingerprint density at radius 3 is 2.63 bits per heavy atom. The van der Waals surface area contributed by atoms with Gasteiger partial charge in [0.05, 0.1) is 5.92 Å². The maximum atomic E-state index is 12.4. The predicted molar refractivity (Wildman–Crippen MR) is 110 cm³/mol. The molecule has 3 heterocycles. The van der Waals surface area contributed by atoms with Crippen LogP contribution in [0.25, 0.3) is 0 Å². The van der Waals surface area contributed by atoms with Gasteiger partial charge in [0, 0.05) is 57.1 Å². The molecule has 2 aromatic rings. The van der Waals surface area contributed by atoms with Crippen molar-refractivity contribution in [1.29, 1.82) is 0 Å². The van der Waals surface area contributed by atoms with E-state index in [4.69, 9.17) is 9.47 Å². The molecule has 30 heavy (non-hydrogen) atoms. The lowest BCUT2D eigenvalue weighted by Gasteiger charge is -2.36. The van der Waals surface area contributed by atoms with Crippen LogP contribution in [0.15, 0.2) is 42.6 Å². The molecule has 4 rings (SSSR count). The zero-order valence-electron chi connectivity index (χ0n) is 16.5. The van der Waals surface area contributed by atoms with E-state index in [1.54, 1.807) is 24.4 Å². The average Bonchev–Trinajstić information content (AvgIpc) is 3.22. The molecule has 2 aliphatic heterocycles. The Kier molecular flexibility index (Phi) is 5.99. The molecule has 1 amide bonds. The predicted octanol–water partition coefficient (Wildman–Crippen LogP) is 1.66. The number of amides is 1. The zero-order valence-corrected chi connectivity index (χ0v) is 16.5. The van der Waals surface area contributed by atoms with E-state index in [9.17, 15) is 14.7 Å². The molecule has 0 aliphatic carbocycles. The Labute approximate surface area is 174 Å². The molecular formula is C21H24N4O5. The second kappa shape index (κ2) is 9.00. The van der Waals surface area contributed by atoms with Crippen LogP contribution in [0.5, 0.6) is 11.5 Å². The van der Waals surface area contributed by atoms with Gasteiger partial charge in [-0.2, -0.15) is 0 Å². The fourth-order valence-electron chi connectivity index (χ4n) is 3.65. The number of anilines is 2. The number of aromatic nitrogens is 1. The summed E-state index contributed by atoms with van der Waals surface area (Å²) in [6.07, 6.45) is 1.67. The number of hydrogen-bond acceptors (Lipinski definition) is 7. The number of fused-ring (bicyclic) bond motifs is 1. The molecule has 0 radical (unpaired) electrons. The molecule has 1 fully saturated rings. The normalized spacial score (nSPS) is 16.9. The SMILES string of the molecule is O=C(CC(CN1CCN(c2ccccn2)CC1)C(=O)O)Nc1ccc2c(c1)OCO2. The third-order valence-corrected chi connectivity index (χ3v) is 5.26. The molecule has 1 unspecified atom stereocenters. The number of piperazine rings is 1. The summed E-state index contributed by atoms with van der Waals surface area (Å²) in [6.45, 7) is 3.48. The topological polar surface area (TPSA) is 104 Å². The number of carbonyl (C=O) groups excluding carboxylic acids is 1. The van der Waals surface area contributed by atoms with E-state index >= 15 is 0 Å². The first kappa shape index (κ1) is 20.0. The summed E-state index contributed by atoms with van der Waals surface area (Å²) in [7, 11) is 0. The van der Waals surface area contributed by atoms with Crippen LogP contribution >= 0.6 is 0 Å². The summed E-state index contributed by atoms with van der Waals surface area (Å²) >= 11 is 0. The summed E-state index contributed by atoms with van der Waals surface area (Å²) in [5.41, 5.74) is 0.553. The smallest absolute Gasteiger partial charge is 0.308 e. The lowest BCUT2D eigenvalue weighted by atomic mass is 10.0. The number of aliphatic carboxylic acids is 1. The quantitative estimate of drug-likeness (QED) is 0.708. The van der Waals surface area contributed by atoms with Gasteiger partial charge < -0.3 is 24.8 Å². The van der Waals surface area contributed by atoms with Crippen LogP contribution in [-0.4, -0.2) is 66.4 Å². The van der Waals surface area contributed by atoms with E-state index in [0.29, 0.717) is 23.7 Å². The van der Waals surface area contributed by atoms with Crippen LogP contribution in [0, 0.1) is 5.92 Å². The molecule has 9 nitrogen and oxygen atoms in total. The number of carbonyl (C=O) groups is 2. The third kappa shape index (κ3) is 4.80. The highest BCUT2D eigenvalue weighted by atomic mass is 16.7. The Balaban J connectivity index is 1.29. The lowest BCUT2D eigenvalue weighted by Crippen LogP contribution is -2.49. The number of hydrogen-bond donors (Lipinski definition) is 2. The Morgan fingerprint density at radius 2 is 1.90 bits per heavy atom. The Bertz CT molecular complexity index is 900. The number of carboxylic acid groups (broad SMARTS) is 1.